The van der Waals surface area contributed by atoms with Crippen LogP contribution in [0.1, 0.15) is 22.7 Å². The van der Waals surface area contributed by atoms with Crippen molar-refractivity contribution < 1.29 is 9.59 Å². The van der Waals surface area contributed by atoms with Gasteiger partial charge in [-0.3, -0.25) is 9.59 Å². The number of nitrogens with zero attached hydrogens (tertiary/aromatic N) is 2. The van der Waals surface area contributed by atoms with Crippen LogP contribution in [0.3, 0.4) is 0 Å². The average Bonchev–Trinajstić information content (AvgIpc) is 3.12. The van der Waals surface area contributed by atoms with Gasteiger partial charge >= 0.3 is 0 Å². The van der Waals surface area contributed by atoms with Gasteiger partial charge in [-0.2, -0.15) is 0 Å². The second kappa shape index (κ2) is 6.50. The van der Waals surface area contributed by atoms with Crippen LogP contribution >= 0.6 is 11.3 Å². The van der Waals surface area contributed by atoms with Gasteiger partial charge in [-0.05, 0) is 26.0 Å². The summed E-state index contributed by atoms with van der Waals surface area (Å²) in [6, 6.07) is 7.79. The summed E-state index contributed by atoms with van der Waals surface area (Å²) in [5.74, 6) is -0.384. The largest absolute Gasteiger partial charge is 0.349 e. The fraction of sp³-hybridized carbons (Fsp3) is 0.353. The summed E-state index contributed by atoms with van der Waals surface area (Å²) in [4.78, 5) is 30.5. The number of thiazole rings is 1. The predicted molar refractivity (Wildman–Crippen MR) is 90.3 cm³/mol. The molecule has 2 aromatic rings. The van der Waals surface area contributed by atoms with Crippen molar-refractivity contribution in [2.45, 2.75) is 26.8 Å². The highest BCUT2D eigenvalue weighted by Crippen LogP contribution is 2.25. The molecule has 1 aromatic carbocycles. The molecule has 0 saturated carbocycles. The number of anilines is 1. The van der Waals surface area contributed by atoms with E-state index < -0.39 is 0 Å². The Labute approximate surface area is 139 Å². The first kappa shape index (κ1) is 15.7. The maximum atomic E-state index is 12.3. The first-order chi connectivity index (χ1) is 11.0. The van der Waals surface area contributed by atoms with Crippen LogP contribution in [0, 0.1) is 19.8 Å². The van der Waals surface area contributed by atoms with Crippen molar-refractivity contribution in [3.8, 4) is 0 Å². The van der Waals surface area contributed by atoms with Crippen molar-refractivity contribution in [3.63, 3.8) is 0 Å². The lowest BCUT2D eigenvalue weighted by Gasteiger charge is -2.16. The van der Waals surface area contributed by atoms with E-state index in [1.807, 2.05) is 43.5 Å². The van der Waals surface area contributed by atoms with Crippen LogP contribution in [0.4, 0.5) is 5.69 Å². The van der Waals surface area contributed by atoms with E-state index in [1.165, 1.54) is 11.3 Å². The topological polar surface area (TPSA) is 62.3 Å². The van der Waals surface area contributed by atoms with Crippen molar-refractivity contribution in [1.29, 1.82) is 0 Å². The van der Waals surface area contributed by atoms with E-state index in [9.17, 15) is 9.59 Å². The number of carbonyl (C=O) groups excluding carboxylic acids is 2. The normalized spacial score (nSPS) is 17.6. The fourth-order valence-corrected chi connectivity index (χ4v) is 3.36. The van der Waals surface area contributed by atoms with Crippen molar-refractivity contribution in [3.05, 3.63) is 45.9 Å². The molecular formula is C17H19N3O2S. The third-order valence-corrected chi connectivity index (χ3v) is 4.89. The van der Waals surface area contributed by atoms with Gasteiger partial charge in [-0.25, -0.2) is 4.98 Å². The zero-order chi connectivity index (χ0) is 16.4. The number of rotatable bonds is 4. The van der Waals surface area contributed by atoms with Crippen molar-refractivity contribution >= 4 is 28.8 Å². The molecule has 0 aliphatic carbocycles. The molecule has 1 saturated heterocycles. The van der Waals surface area contributed by atoms with Gasteiger partial charge in [0.1, 0.15) is 5.01 Å². The lowest BCUT2D eigenvalue weighted by molar-refractivity contribution is -0.126. The van der Waals surface area contributed by atoms with E-state index in [1.54, 1.807) is 4.90 Å². The monoisotopic (exact) mass is 329 g/mol. The first-order valence-corrected chi connectivity index (χ1v) is 8.46. The number of amides is 2. The molecule has 1 fully saturated rings. The Balaban J connectivity index is 1.60. The van der Waals surface area contributed by atoms with E-state index in [0.717, 1.165) is 22.0 Å². The van der Waals surface area contributed by atoms with Crippen LogP contribution in [0.25, 0.3) is 0 Å². The molecular weight excluding hydrogens is 310 g/mol. The van der Waals surface area contributed by atoms with E-state index in [-0.39, 0.29) is 24.2 Å². The maximum absolute atomic E-state index is 12.3. The zero-order valence-corrected chi connectivity index (χ0v) is 14.0. The molecule has 2 heterocycles. The minimum absolute atomic E-state index is 0.000837. The zero-order valence-electron chi connectivity index (χ0n) is 13.2. The molecule has 6 heteroatoms. The third kappa shape index (κ3) is 3.59. The molecule has 120 valence electrons. The molecule has 2 amide bonds. The standard InChI is InChI=1S/C17H19N3O2S/c1-11-3-5-14(6-4-11)20-9-13(7-16(20)21)17(22)18-8-15-19-12(2)10-23-15/h3-6,10,13H,7-9H2,1-2H3,(H,18,22)/t13-/m0/s1. The Bertz CT molecular complexity index is 724. The van der Waals surface area contributed by atoms with Gasteiger partial charge in [0.05, 0.1) is 12.5 Å². The van der Waals surface area contributed by atoms with Crippen LogP contribution in [-0.2, 0) is 16.1 Å². The highest BCUT2D eigenvalue weighted by molar-refractivity contribution is 7.09. The highest BCUT2D eigenvalue weighted by Gasteiger charge is 2.34. The first-order valence-electron chi connectivity index (χ1n) is 7.58. The second-order valence-electron chi connectivity index (χ2n) is 5.84. The summed E-state index contributed by atoms with van der Waals surface area (Å²) in [7, 11) is 0. The molecule has 0 unspecified atom stereocenters. The van der Waals surface area contributed by atoms with E-state index in [2.05, 4.69) is 10.3 Å². The van der Waals surface area contributed by atoms with Gasteiger partial charge in [-0.1, -0.05) is 17.7 Å². The van der Waals surface area contributed by atoms with Crippen LogP contribution in [-0.4, -0.2) is 23.3 Å². The Morgan fingerprint density at radius 2 is 2.09 bits per heavy atom. The number of aryl methyl sites for hydroxylation is 2. The summed E-state index contributed by atoms with van der Waals surface area (Å²) < 4.78 is 0. The number of aromatic nitrogens is 1. The molecule has 1 atom stereocenters. The SMILES string of the molecule is Cc1ccc(N2C[C@@H](C(=O)NCc3nc(C)cs3)CC2=O)cc1. The van der Waals surface area contributed by atoms with E-state index in [0.29, 0.717) is 13.1 Å². The smallest absolute Gasteiger partial charge is 0.227 e. The van der Waals surface area contributed by atoms with Gasteiger partial charge in [0, 0.05) is 29.7 Å². The summed E-state index contributed by atoms with van der Waals surface area (Å²) >= 11 is 1.53. The molecule has 5 nitrogen and oxygen atoms in total. The van der Waals surface area contributed by atoms with Crippen molar-refractivity contribution in [2.75, 3.05) is 11.4 Å². The highest BCUT2D eigenvalue weighted by atomic mass is 32.1. The molecule has 0 bridgehead atoms. The Kier molecular flexibility index (Phi) is 4.43. The third-order valence-electron chi connectivity index (χ3n) is 3.92. The van der Waals surface area contributed by atoms with Crippen LogP contribution in [0.2, 0.25) is 0 Å². The van der Waals surface area contributed by atoms with Gasteiger partial charge in [0.2, 0.25) is 11.8 Å². The summed E-state index contributed by atoms with van der Waals surface area (Å²) in [6.45, 7) is 4.79. The fourth-order valence-electron chi connectivity index (χ4n) is 2.65. The van der Waals surface area contributed by atoms with Crippen molar-refractivity contribution in [1.82, 2.24) is 10.3 Å². The van der Waals surface area contributed by atoms with Crippen molar-refractivity contribution in [2.24, 2.45) is 5.92 Å². The van der Waals surface area contributed by atoms with Gasteiger partial charge in [-0.15, -0.1) is 11.3 Å². The molecule has 1 aliphatic heterocycles. The van der Waals surface area contributed by atoms with Crippen LogP contribution in [0.5, 0.6) is 0 Å². The Hall–Kier alpha value is -2.21. The molecule has 23 heavy (non-hydrogen) atoms. The van der Waals surface area contributed by atoms with Gasteiger partial charge < -0.3 is 10.2 Å². The predicted octanol–water partition coefficient (Wildman–Crippen LogP) is 2.43. The number of nitrogens with one attached hydrogen (secondary N) is 1. The molecule has 3 rings (SSSR count). The van der Waals surface area contributed by atoms with Gasteiger partial charge in [0.15, 0.2) is 0 Å². The Morgan fingerprint density at radius 3 is 2.74 bits per heavy atom. The molecule has 1 N–H and O–H groups in total. The van der Waals surface area contributed by atoms with E-state index in [4.69, 9.17) is 0 Å². The van der Waals surface area contributed by atoms with Gasteiger partial charge in [0.25, 0.3) is 0 Å². The van der Waals surface area contributed by atoms with Crippen LogP contribution < -0.4 is 10.2 Å². The average molecular weight is 329 g/mol. The Morgan fingerprint density at radius 1 is 1.35 bits per heavy atom. The molecule has 1 aromatic heterocycles. The molecule has 1 aliphatic rings. The second-order valence-corrected chi connectivity index (χ2v) is 6.78. The lowest BCUT2D eigenvalue weighted by atomic mass is 10.1. The molecule has 0 radical (unpaired) electrons. The van der Waals surface area contributed by atoms with Crippen LogP contribution in [0.15, 0.2) is 29.6 Å². The number of benzene rings is 1. The number of carbonyl (C=O) groups is 2. The lowest BCUT2D eigenvalue weighted by Crippen LogP contribution is -2.32. The number of hydrogen-bond acceptors (Lipinski definition) is 4. The summed E-state index contributed by atoms with van der Waals surface area (Å²) in [6.07, 6.45) is 0.261. The maximum Gasteiger partial charge on any atom is 0.227 e. The summed E-state index contributed by atoms with van der Waals surface area (Å²) in [5.41, 5.74) is 2.96. The quantitative estimate of drug-likeness (QED) is 0.937. The van der Waals surface area contributed by atoms with E-state index >= 15 is 0 Å². The minimum atomic E-state index is -0.301. The summed E-state index contributed by atoms with van der Waals surface area (Å²) in [5, 5.41) is 5.73. The minimum Gasteiger partial charge on any atom is -0.349 e. The molecule has 0 spiro atoms. The number of hydrogen-bond donors (Lipinski definition) is 1.